The first kappa shape index (κ1) is 43.6. The van der Waals surface area contributed by atoms with Crippen LogP contribution in [0.15, 0.2) is 134 Å². The van der Waals surface area contributed by atoms with Gasteiger partial charge in [-0.25, -0.2) is 24.5 Å². The SMILES string of the molecule is COc1ccc(C(OC[C@@H]2O[C@H](n3cnc4c(N)ncnc43)[C@H](OC(=O)C(Cc3ccc4ccccc4c3)NC(=O)OC(C)(C)C)[C@H]2O)(c2ccccc2)c2ccc(OC)cc2)cc1. The number of benzene rings is 5. The lowest BCUT2D eigenvalue weighted by Gasteiger charge is -2.37. The van der Waals surface area contributed by atoms with Gasteiger partial charge in [-0.15, -0.1) is 0 Å². The van der Waals surface area contributed by atoms with Crippen LogP contribution in [0.5, 0.6) is 11.5 Å². The van der Waals surface area contributed by atoms with Gasteiger partial charge < -0.3 is 44.6 Å². The lowest BCUT2D eigenvalue weighted by Crippen LogP contribution is -2.48. The zero-order valence-corrected chi connectivity index (χ0v) is 36.1. The molecule has 3 heterocycles. The zero-order chi connectivity index (χ0) is 45.0. The highest BCUT2D eigenvalue weighted by Crippen LogP contribution is 2.43. The van der Waals surface area contributed by atoms with Crippen molar-refractivity contribution in [3.8, 4) is 11.5 Å². The summed E-state index contributed by atoms with van der Waals surface area (Å²) < 4.78 is 38.2. The number of nitrogens with two attached hydrogens (primary N) is 1. The lowest BCUT2D eigenvalue weighted by atomic mass is 9.80. The number of carbonyl (C=O) groups excluding carboxylic acids is 2. The molecule has 0 spiro atoms. The molecule has 0 aliphatic carbocycles. The summed E-state index contributed by atoms with van der Waals surface area (Å²) in [5, 5.41) is 17.0. The molecular formula is C49H50N6O9. The van der Waals surface area contributed by atoms with Crippen molar-refractivity contribution in [3.63, 3.8) is 0 Å². The van der Waals surface area contributed by atoms with Crippen LogP contribution in [0.1, 0.15) is 49.3 Å². The Bertz CT molecular complexity index is 2680. The highest BCUT2D eigenvalue weighted by molar-refractivity contribution is 5.85. The summed E-state index contributed by atoms with van der Waals surface area (Å²) >= 11 is 0. The Kier molecular flexibility index (Phi) is 12.5. The normalized spacial score (nSPS) is 18.1. The number of hydrogen-bond acceptors (Lipinski definition) is 13. The average molecular weight is 867 g/mol. The third kappa shape index (κ3) is 9.04. The number of aliphatic hydroxyl groups excluding tert-OH is 1. The molecule has 1 aliphatic heterocycles. The first-order valence-corrected chi connectivity index (χ1v) is 20.8. The summed E-state index contributed by atoms with van der Waals surface area (Å²) in [5.41, 5.74) is 7.69. The highest BCUT2D eigenvalue weighted by Gasteiger charge is 2.50. The topological polar surface area (TPSA) is 191 Å². The first-order valence-electron chi connectivity index (χ1n) is 20.8. The highest BCUT2D eigenvalue weighted by atomic mass is 16.6. The van der Waals surface area contributed by atoms with E-state index in [1.165, 1.54) is 17.2 Å². The number of nitrogens with zero attached hydrogens (tertiary/aromatic N) is 4. The second-order valence-corrected chi connectivity index (χ2v) is 16.4. The zero-order valence-electron chi connectivity index (χ0n) is 36.1. The Labute approximate surface area is 370 Å². The van der Waals surface area contributed by atoms with E-state index in [1.54, 1.807) is 35.0 Å². The molecule has 0 radical (unpaired) electrons. The van der Waals surface area contributed by atoms with Gasteiger partial charge in [0.05, 0.1) is 27.2 Å². The number of nitrogen functional groups attached to an aromatic ring is 1. The molecule has 330 valence electrons. The minimum atomic E-state index is -1.48. The second-order valence-electron chi connectivity index (χ2n) is 16.4. The molecule has 7 aromatic rings. The third-order valence-electron chi connectivity index (χ3n) is 11.1. The minimum absolute atomic E-state index is 0.0465. The molecule has 1 fully saturated rings. The van der Waals surface area contributed by atoms with Crippen molar-refractivity contribution in [1.82, 2.24) is 24.8 Å². The summed E-state index contributed by atoms with van der Waals surface area (Å²) in [6.07, 6.45) is -3.19. The van der Waals surface area contributed by atoms with Crippen molar-refractivity contribution in [3.05, 3.63) is 156 Å². The largest absolute Gasteiger partial charge is 0.497 e. The fourth-order valence-electron chi connectivity index (χ4n) is 8.01. The minimum Gasteiger partial charge on any atom is -0.497 e. The van der Waals surface area contributed by atoms with E-state index in [0.717, 1.165) is 33.0 Å². The van der Waals surface area contributed by atoms with E-state index in [-0.39, 0.29) is 30.0 Å². The van der Waals surface area contributed by atoms with Gasteiger partial charge in [-0.1, -0.05) is 97.1 Å². The molecule has 2 aromatic heterocycles. The van der Waals surface area contributed by atoms with Gasteiger partial charge in [0.15, 0.2) is 23.8 Å². The number of rotatable bonds is 14. The van der Waals surface area contributed by atoms with E-state index < -0.39 is 53.8 Å². The molecule has 5 aromatic carbocycles. The summed E-state index contributed by atoms with van der Waals surface area (Å²) in [7, 11) is 3.20. The van der Waals surface area contributed by atoms with Gasteiger partial charge >= 0.3 is 12.1 Å². The molecule has 4 N–H and O–H groups in total. The fraction of sp³-hybridized carbons (Fsp3) is 0.286. The van der Waals surface area contributed by atoms with E-state index in [0.29, 0.717) is 11.5 Å². The third-order valence-corrected chi connectivity index (χ3v) is 11.1. The van der Waals surface area contributed by atoms with Crippen molar-refractivity contribution in [2.45, 2.75) is 69.0 Å². The number of imidazole rings is 1. The number of fused-ring (bicyclic) bond motifs is 2. The first-order chi connectivity index (χ1) is 30.9. The fourth-order valence-corrected chi connectivity index (χ4v) is 8.01. The van der Waals surface area contributed by atoms with Gasteiger partial charge in [-0.2, -0.15) is 0 Å². The van der Waals surface area contributed by atoms with Crippen LogP contribution in [0.25, 0.3) is 21.9 Å². The van der Waals surface area contributed by atoms with Crippen LogP contribution >= 0.6 is 0 Å². The molecule has 8 rings (SSSR count). The van der Waals surface area contributed by atoms with Crippen LogP contribution in [0.2, 0.25) is 0 Å². The maximum atomic E-state index is 14.5. The van der Waals surface area contributed by atoms with E-state index in [4.69, 9.17) is 34.2 Å². The van der Waals surface area contributed by atoms with Gasteiger partial charge in [0.1, 0.15) is 52.8 Å². The van der Waals surface area contributed by atoms with Gasteiger partial charge in [-0.3, -0.25) is 4.57 Å². The average Bonchev–Trinajstić information content (AvgIpc) is 3.87. The van der Waals surface area contributed by atoms with Crippen molar-refractivity contribution in [1.29, 1.82) is 0 Å². The van der Waals surface area contributed by atoms with Crippen LogP contribution in [0.3, 0.4) is 0 Å². The number of ether oxygens (including phenoxy) is 6. The number of anilines is 1. The van der Waals surface area contributed by atoms with Gasteiger partial charge in [0.25, 0.3) is 0 Å². The van der Waals surface area contributed by atoms with E-state index in [1.807, 2.05) is 121 Å². The summed E-state index contributed by atoms with van der Waals surface area (Å²) in [6.45, 7) is 4.97. The number of hydrogen-bond donors (Lipinski definition) is 3. The van der Waals surface area contributed by atoms with Crippen LogP contribution < -0.4 is 20.5 Å². The van der Waals surface area contributed by atoms with Gasteiger partial charge in [-0.05, 0) is 78.1 Å². The van der Waals surface area contributed by atoms with Crippen molar-refractivity contribution >= 4 is 39.8 Å². The number of aromatic nitrogens is 4. The van der Waals surface area contributed by atoms with Crippen LogP contribution in [-0.2, 0) is 35.8 Å². The van der Waals surface area contributed by atoms with Crippen LogP contribution in [0, 0.1) is 0 Å². The molecule has 1 unspecified atom stereocenters. The smallest absolute Gasteiger partial charge is 0.408 e. The van der Waals surface area contributed by atoms with Crippen LogP contribution in [0.4, 0.5) is 10.6 Å². The Morgan fingerprint density at radius 1 is 0.812 bits per heavy atom. The Balaban J connectivity index is 1.16. The standard InChI is InChI=1S/C49H50N6O9/c1-48(2,3)64-47(58)54-38(26-30-15-16-31-11-9-10-12-32(31)25-30)46(57)63-42-41(56)39(62-45(42)55-29-53-40-43(50)51-28-52-44(40)55)27-61-49(33-13-7-6-8-14-33,34-17-21-36(59-4)22-18-34)35-19-23-37(60-5)24-20-35/h6-25,28-29,38-39,41-42,45,56H,26-27H2,1-5H3,(H,54,58)(H2,50,51,52)/t38?,39-,41-,42+,45-/m0/s1. The molecule has 1 aliphatic rings. The molecule has 1 amide bonds. The molecule has 64 heavy (non-hydrogen) atoms. The molecule has 1 saturated heterocycles. The predicted octanol–water partition coefficient (Wildman–Crippen LogP) is 6.89. The van der Waals surface area contributed by atoms with Gasteiger partial charge in [0.2, 0.25) is 0 Å². The molecule has 0 bridgehead atoms. The Morgan fingerprint density at radius 2 is 1.44 bits per heavy atom. The summed E-state index contributed by atoms with van der Waals surface area (Å²) in [5.74, 6) is 0.588. The molecular weight excluding hydrogens is 817 g/mol. The number of methoxy groups -OCH3 is 2. The number of carbonyl (C=O) groups is 2. The molecule has 5 atom stereocenters. The van der Waals surface area contributed by atoms with E-state index in [9.17, 15) is 14.7 Å². The Morgan fingerprint density at radius 3 is 2.08 bits per heavy atom. The van der Waals surface area contributed by atoms with Crippen molar-refractivity contribution in [2.75, 3.05) is 26.6 Å². The van der Waals surface area contributed by atoms with E-state index in [2.05, 4.69) is 20.3 Å². The number of nitrogens with one attached hydrogen (secondary N) is 1. The van der Waals surface area contributed by atoms with Gasteiger partial charge in [0, 0.05) is 6.42 Å². The molecule has 0 saturated carbocycles. The number of alkyl carbamates (subject to hydrolysis) is 1. The number of amides is 1. The maximum absolute atomic E-state index is 14.5. The van der Waals surface area contributed by atoms with Crippen molar-refractivity contribution in [2.24, 2.45) is 0 Å². The molecule has 15 nitrogen and oxygen atoms in total. The predicted molar refractivity (Wildman–Crippen MR) is 239 cm³/mol. The quantitative estimate of drug-likeness (QED) is 0.0757. The monoisotopic (exact) mass is 866 g/mol. The lowest BCUT2D eigenvalue weighted by molar-refractivity contribution is -0.161. The van der Waals surface area contributed by atoms with E-state index >= 15 is 0 Å². The summed E-state index contributed by atoms with van der Waals surface area (Å²) in [6, 6.07) is 37.1. The molecule has 15 heteroatoms. The van der Waals surface area contributed by atoms with Crippen LogP contribution in [-0.4, -0.2) is 87.5 Å². The van der Waals surface area contributed by atoms with Crippen molar-refractivity contribution < 1.29 is 43.1 Å². The number of esters is 1. The Hall–Kier alpha value is -7.07. The second kappa shape index (κ2) is 18.3. The maximum Gasteiger partial charge on any atom is 0.408 e. The number of aliphatic hydroxyl groups is 1. The summed E-state index contributed by atoms with van der Waals surface area (Å²) in [4.78, 5) is 40.7.